The average Bonchev–Trinajstić information content (AvgIpc) is 1.97. The molecule has 0 radical (unpaired) electrons. The molecule has 1 rings (SSSR count). The molecular formula is C7H4BrClNS-. The molecule has 0 atom stereocenters. The van der Waals surface area contributed by atoms with Crippen LogP contribution in [-0.2, 0) is 12.6 Å². The van der Waals surface area contributed by atoms with E-state index in [-0.39, 0.29) is 0 Å². The van der Waals surface area contributed by atoms with Gasteiger partial charge in [-0.05, 0) is 28.1 Å². The Labute approximate surface area is 84.5 Å². The maximum atomic E-state index is 7.13. The second-order valence-corrected chi connectivity index (χ2v) is 2.95. The molecule has 0 bridgehead atoms. The predicted molar refractivity (Wildman–Crippen MR) is 52.1 cm³/mol. The topological polar surface area (TPSA) is 23.8 Å². The summed E-state index contributed by atoms with van der Waals surface area (Å²) in [6.07, 6.45) is 0. The van der Waals surface area contributed by atoms with E-state index < -0.39 is 0 Å². The Morgan fingerprint density at radius 1 is 1.45 bits per heavy atom. The summed E-state index contributed by atoms with van der Waals surface area (Å²) in [6, 6.07) is 7.57. The largest absolute Gasteiger partial charge is 0.696 e. The highest BCUT2D eigenvalue weighted by Gasteiger charge is 1.88. The van der Waals surface area contributed by atoms with Crippen LogP contribution >= 0.6 is 27.5 Å². The zero-order valence-corrected chi connectivity index (χ0v) is 8.58. The monoisotopic (exact) mass is 248 g/mol. The molecule has 0 unspecified atom stereocenters. The third-order valence-electron chi connectivity index (χ3n) is 0.824. The lowest BCUT2D eigenvalue weighted by molar-refractivity contribution is 1.57. The average molecular weight is 250 g/mol. The van der Waals surface area contributed by atoms with E-state index in [1.54, 1.807) is 0 Å². The minimum Gasteiger partial charge on any atom is -0.696 e. The van der Waals surface area contributed by atoms with Gasteiger partial charge >= 0.3 is 0 Å². The molecule has 0 heterocycles. The van der Waals surface area contributed by atoms with Crippen LogP contribution in [0, 0.1) is 10.7 Å². The fourth-order valence-corrected chi connectivity index (χ4v) is 0.860. The Balaban J connectivity index is 0.000000292. The summed E-state index contributed by atoms with van der Waals surface area (Å²) in [7, 11) is 0. The van der Waals surface area contributed by atoms with E-state index in [0.717, 1.165) is 9.50 Å². The van der Waals surface area contributed by atoms with Gasteiger partial charge < -0.3 is 12.6 Å². The van der Waals surface area contributed by atoms with Crippen LogP contribution in [0.4, 0.5) is 0 Å². The van der Waals surface area contributed by atoms with Crippen molar-refractivity contribution in [3.63, 3.8) is 0 Å². The molecule has 1 nitrogen and oxygen atoms in total. The molecule has 11 heavy (non-hydrogen) atoms. The van der Waals surface area contributed by atoms with Gasteiger partial charge in [-0.3, -0.25) is 0 Å². The predicted octanol–water partition coefficient (Wildman–Crippen LogP) is 3.12. The third kappa shape index (κ3) is 5.02. The second-order valence-electron chi connectivity index (χ2n) is 1.51. The molecule has 0 fully saturated rings. The maximum Gasteiger partial charge on any atom is 0.0548 e. The molecule has 1 aromatic rings. The Hall–Kier alpha value is -0.300. The number of hydrogen-bond donors (Lipinski definition) is 0. The van der Waals surface area contributed by atoms with Gasteiger partial charge in [-0.25, -0.2) is 5.26 Å². The van der Waals surface area contributed by atoms with E-state index in [1.807, 2.05) is 24.3 Å². The third-order valence-corrected chi connectivity index (χ3v) is 2.07. The summed E-state index contributed by atoms with van der Waals surface area (Å²) in [5.74, 6) is 0. The van der Waals surface area contributed by atoms with Crippen LogP contribution in [0.15, 0.2) is 28.7 Å². The number of benzene rings is 1. The van der Waals surface area contributed by atoms with Crippen molar-refractivity contribution in [3.05, 3.63) is 33.8 Å². The summed E-state index contributed by atoms with van der Waals surface area (Å²) >= 11 is 12.6. The van der Waals surface area contributed by atoms with Crippen LogP contribution in [0.3, 0.4) is 0 Å². The highest BCUT2D eigenvalue weighted by atomic mass is 79.9. The van der Waals surface area contributed by atoms with Gasteiger partial charge in [0.1, 0.15) is 0 Å². The van der Waals surface area contributed by atoms with Crippen LogP contribution in [0.2, 0.25) is 5.02 Å². The van der Waals surface area contributed by atoms with Crippen molar-refractivity contribution in [3.8, 4) is 5.40 Å². The highest BCUT2D eigenvalue weighted by Crippen LogP contribution is 2.20. The van der Waals surface area contributed by atoms with Gasteiger partial charge in [0.2, 0.25) is 0 Å². The molecule has 0 spiro atoms. The van der Waals surface area contributed by atoms with Crippen LogP contribution in [0.1, 0.15) is 0 Å². The number of nitriles is 1. The zero-order chi connectivity index (χ0) is 8.69. The second kappa shape index (κ2) is 6.41. The molecule has 0 amide bonds. The van der Waals surface area contributed by atoms with Gasteiger partial charge in [0.25, 0.3) is 0 Å². The molecule has 0 N–H and O–H groups in total. The van der Waals surface area contributed by atoms with Gasteiger partial charge in [-0.15, -0.1) is 0 Å². The van der Waals surface area contributed by atoms with E-state index in [2.05, 4.69) is 28.6 Å². The van der Waals surface area contributed by atoms with Gasteiger partial charge in [0.15, 0.2) is 0 Å². The number of rotatable bonds is 0. The summed E-state index contributed by atoms with van der Waals surface area (Å²) in [4.78, 5) is 0. The smallest absolute Gasteiger partial charge is 0.0548 e. The lowest BCUT2D eigenvalue weighted by Gasteiger charge is -1.88. The molecule has 0 aromatic heterocycles. The molecular weight excluding hydrogens is 246 g/mol. The Bertz CT molecular complexity index is 238. The van der Waals surface area contributed by atoms with Gasteiger partial charge in [-0.1, -0.05) is 29.1 Å². The molecule has 0 aliphatic heterocycles. The van der Waals surface area contributed by atoms with Crippen molar-refractivity contribution < 1.29 is 0 Å². The summed E-state index contributed by atoms with van der Waals surface area (Å²) in [5, 5.41) is 9.22. The maximum absolute atomic E-state index is 7.13. The standard InChI is InChI=1S/C6H4BrCl.CHNS/c7-5-3-1-2-4-6(5)8;2-1-3/h1-4H;3H/p-1. The van der Waals surface area contributed by atoms with E-state index >= 15 is 0 Å². The molecule has 0 aliphatic rings. The van der Waals surface area contributed by atoms with E-state index in [4.69, 9.17) is 16.9 Å². The van der Waals surface area contributed by atoms with Crippen LogP contribution in [0.5, 0.6) is 0 Å². The molecule has 0 saturated carbocycles. The fourth-order valence-electron chi connectivity index (χ4n) is 0.439. The SMILES string of the molecule is Clc1ccccc1Br.N#C[S-]. The van der Waals surface area contributed by atoms with Crippen molar-refractivity contribution in [2.24, 2.45) is 0 Å². The Morgan fingerprint density at radius 2 is 1.91 bits per heavy atom. The zero-order valence-electron chi connectivity index (χ0n) is 5.42. The Kier molecular flexibility index (Phi) is 6.24. The van der Waals surface area contributed by atoms with Crippen molar-refractivity contribution in [2.75, 3.05) is 0 Å². The lowest BCUT2D eigenvalue weighted by atomic mass is 10.4. The lowest BCUT2D eigenvalue weighted by Crippen LogP contribution is -1.62. The van der Waals surface area contributed by atoms with Crippen molar-refractivity contribution in [1.29, 1.82) is 5.26 Å². The molecule has 0 aliphatic carbocycles. The summed E-state index contributed by atoms with van der Waals surface area (Å²) < 4.78 is 0.946. The Morgan fingerprint density at radius 3 is 2.18 bits per heavy atom. The number of thiocyanates is 1. The van der Waals surface area contributed by atoms with E-state index in [9.17, 15) is 0 Å². The van der Waals surface area contributed by atoms with Crippen LogP contribution < -0.4 is 0 Å². The van der Waals surface area contributed by atoms with Gasteiger partial charge in [0.05, 0.1) is 5.02 Å². The highest BCUT2D eigenvalue weighted by molar-refractivity contribution is 9.10. The van der Waals surface area contributed by atoms with Crippen molar-refractivity contribution in [1.82, 2.24) is 0 Å². The van der Waals surface area contributed by atoms with Gasteiger partial charge in [0, 0.05) is 4.47 Å². The normalized spacial score (nSPS) is 7.36. The van der Waals surface area contributed by atoms with Crippen molar-refractivity contribution >= 4 is 40.2 Å². The first kappa shape index (κ1) is 10.7. The number of nitrogens with zero attached hydrogens (tertiary/aromatic N) is 1. The first-order chi connectivity index (χ1) is 5.22. The van der Waals surface area contributed by atoms with Gasteiger partial charge in [-0.2, -0.15) is 0 Å². The van der Waals surface area contributed by atoms with Crippen LogP contribution in [-0.4, -0.2) is 0 Å². The molecule has 1 aromatic carbocycles. The number of halogens is 2. The van der Waals surface area contributed by atoms with Crippen LogP contribution in [0.25, 0.3) is 0 Å². The first-order valence-electron chi connectivity index (χ1n) is 2.63. The van der Waals surface area contributed by atoms with Crippen molar-refractivity contribution in [2.45, 2.75) is 0 Å². The minimum absolute atomic E-state index is 0.757. The molecule has 58 valence electrons. The molecule has 0 saturated heterocycles. The van der Waals surface area contributed by atoms with E-state index in [0.29, 0.717) is 0 Å². The first-order valence-corrected chi connectivity index (χ1v) is 4.21. The summed E-state index contributed by atoms with van der Waals surface area (Å²) in [5.41, 5.74) is 0. The van der Waals surface area contributed by atoms with E-state index in [1.165, 1.54) is 5.40 Å². The number of hydrogen-bond acceptors (Lipinski definition) is 2. The quantitative estimate of drug-likeness (QED) is 0.521. The molecule has 4 heteroatoms. The fraction of sp³-hybridized carbons (Fsp3) is 0. The minimum atomic E-state index is 0.757. The summed E-state index contributed by atoms with van der Waals surface area (Å²) in [6.45, 7) is 0.